The maximum absolute atomic E-state index is 11.8. The molecule has 7 heteroatoms. The van der Waals surface area contributed by atoms with E-state index in [-0.39, 0.29) is 12.5 Å². The van der Waals surface area contributed by atoms with E-state index in [1.54, 1.807) is 11.3 Å². The number of halogens is 1. The number of urea groups is 1. The second-order valence-corrected chi connectivity index (χ2v) is 7.27. The molecule has 19 heavy (non-hydrogen) atoms. The number of carbonyl (C=O) groups excluding carboxylic acids is 1. The summed E-state index contributed by atoms with van der Waals surface area (Å²) >= 11 is 4.92. The second kappa shape index (κ2) is 5.92. The van der Waals surface area contributed by atoms with Crippen LogP contribution in [0.3, 0.4) is 0 Å². The average molecular weight is 347 g/mol. The van der Waals surface area contributed by atoms with Crippen LogP contribution in [0.4, 0.5) is 4.79 Å². The van der Waals surface area contributed by atoms with Crippen LogP contribution in [0.2, 0.25) is 0 Å². The number of carbonyl (C=O) groups is 2. The maximum Gasteiger partial charge on any atom is 0.315 e. The Morgan fingerprint density at radius 3 is 2.63 bits per heavy atom. The molecule has 1 aliphatic carbocycles. The van der Waals surface area contributed by atoms with Crippen molar-refractivity contribution < 1.29 is 14.7 Å². The van der Waals surface area contributed by atoms with Gasteiger partial charge in [0.15, 0.2) is 0 Å². The topological polar surface area (TPSA) is 78.4 Å². The molecule has 0 saturated heterocycles. The molecule has 0 atom stereocenters. The average Bonchev–Trinajstić information content (AvgIpc) is 2.69. The van der Waals surface area contributed by atoms with Gasteiger partial charge in [0, 0.05) is 4.88 Å². The van der Waals surface area contributed by atoms with Crippen LogP contribution in [0.5, 0.6) is 0 Å². The van der Waals surface area contributed by atoms with Gasteiger partial charge in [-0.05, 0) is 47.3 Å². The zero-order chi connectivity index (χ0) is 13.9. The minimum absolute atomic E-state index is 0.00896. The molecule has 1 aliphatic rings. The van der Waals surface area contributed by atoms with Crippen molar-refractivity contribution in [2.45, 2.75) is 37.8 Å². The van der Waals surface area contributed by atoms with Gasteiger partial charge in [0.2, 0.25) is 0 Å². The Hall–Kier alpha value is -1.08. The molecule has 1 aromatic rings. The first-order valence-electron chi connectivity index (χ1n) is 6.01. The van der Waals surface area contributed by atoms with Crippen LogP contribution in [-0.2, 0) is 11.3 Å². The molecule has 0 aromatic carbocycles. The van der Waals surface area contributed by atoms with E-state index >= 15 is 0 Å². The molecule has 0 spiro atoms. The van der Waals surface area contributed by atoms with Crippen molar-refractivity contribution in [3.63, 3.8) is 0 Å². The van der Waals surface area contributed by atoms with E-state index in [0.29, 0.717) is 6.54 Å². The van der Waals surface area contributed by atoms with Gasteiger partial charge in [-0.15, -0.1) is 11.3 Å². The van der Waals surface area contributed by atoms with Crippen LogP contribution in [0.15, 0.2) is 15.9 Å². The summed E-state index contributed by atoms with van der Waals surface area (Å²) in [6.07, 6.45) is 2.42. The molecule has 0 radical (unpaired) electrons. The minimum atomic E-state index is -0.873. The normalized spacial score (nSPS) is 16.5. The van der Waals surface area contributed by atoms with Crippen LogP contribution < -0.4 is 10.6 Å². The standard InChI is InChI=1S/C12H15BrN2O3S/c13-9-3-2-8(19-9)7-14-11(18)15-12(4-1-5-12)6-10(16)17/h2-3H,1,4-7H2,(H,16,17)(H2,14,15,18). The van der Waals surface area contributed by atoms with Gasteiger partial charge >= 0.3 is 12.0 Å². The number of carboxylic acids is 1. The molecule has 0 aliphatic heterocycles. The maximum atomic E-state index is 11.8. The van der Waals surface area contributed by atoms with E-state index in [9.17, 15) is 9.59 Å². The van der Waals surface area contributed by atoms with E-state index in [1.165, 1.54) is 0 Å². The van der Waals surface area contributed by atoms with Crippen molar-refractivity contribution in [2.75, 3.05) is 0 Å². The molecule has 104 valence electrons. The zero-order valence-corrected chi connectivity index (χ0v) is 12.6. The Balaban J connectivity index is 1.81. The van der Waals surface area contributed by atoms with Gasteiger partial charge in [-0.1, -0.05) is 0 Å². The van der Waals surface area contributed by atoms with E-state index in [4.69, 9.17) is 5.11 Å². The largest absolute Gasteiger partial charge is 0.481 e. The first-order chi connectivity index (χ1) is 8.99. The monoisotopic (exact) mass is 346 g/mol. The Bertz CT molecular complexity index is 485. The van der Waals surface area contributed by atoms with Gasteiger partial charge in [-0.3, -0.25) is 4.79 Å². The third kappa shape index (κ3) is 3.94. The number of rotatable bonds is 5. The fourth-order valence-electron chi connectivity index (χ4n) is 2.14. The fourth-order valence-corrected chi connectivity index (χ4v) is 3.56. The van der Waals surface area contributed by atoms with Gasteiger partial charge in [0.25, 0.3) is 0 Å². The lowest BCUT2D eigenvalue weighted by atomic mass is 9.74. The molecule has 1 heterocycles. The fraction of sp³-hybridized carbons (Fsp3) is 0.500. The van der Waals surface area contributed by atoms with Crippen molar-refractivity contribution in [1.82, 2.24) is 10.6 Å². The van der Waals surface area contributed by atoms with Gasteiger partial charge in [-0.25, -0.2) is 4.79 Å². The molecule has 5 nitrogen and oxygen atoms in total. The summed E-state index contributed by atoms with van der Waals surface area (Å²) in [7, 11) is 0. The smallest absolute Gasteiger partial charge is 0.315 e. The van der Waals surface area contributed by atoms with E-state index < -0.39 is 11.5 Å². The molecular weight excluding hydrogens is 332 g/mol. The van der Waals surface area contributed by atoms with E-state index in [1.807, 2.05) is 12.1 Å². The molecule has 1 fully saturated rings. The first-order valence-corrected chi connectivity index (χ1v) is 7.62. The summed E-state index contributed by atoms with van der Waals surface area (Å²) in [6.45, 7) is 0.450. The predicted octanol–water partition coefficient (Wildman–Crippen LogP) is 2.71. The number of thiophene rings is 1. The van der Waals surface area contributed by atoms with E-state index in [2.05, 4.69) is 26.6 Å². The molecular formula is C12H15BrN2O3S. The lowest BCUT2D eigenvalue weighted by molar-refractivity contribution is -0.139. The van der Waals surface area contributed by atoms with Crippen LogP contribution >= 0.6 is 27.3 Å². The van der Waals surface area contributed by atoms with Crippen molar-refractivity contribution in [3.05, 3.63) is 20.8 Å². The molecule has 0 unspecified atom stereocenters. The quantitative estimate of drug-likeness (QED) is 0.766. The Labute approximate surface area is 123 Å². The summed E-state index contributed by atoms with van der Waals surface area (Å²) in [5, 5.41) is 14.4. The number of carboxylic acid groups (broad SMARTS) is 1. The van der Waals surface area contributed by atoms with Crippen LogP contribution in [0.1, 0.15) is 30.6 Å². The highest BCUT2D eigenvalue weighted by Gasteiger charge is 2.40. The van der Waals surface area contributed by atoms with Crippen molar-refractivity contribution >= 4 is 39.3 Å². The third-order valence-corrected chi connectivity index (χ3v) is 4.85. The van der Waals surface area contributed by atoms with Crippen LogP contribution in [0.25, 0.3) is 0 Å². The predicted molar refractivity (Wildman–Crippen MR) is 76.2 cm³/mol. The van der Waals surface area contributed by atoms with Crippen LogP contribution in [0, 0.1) is 0 Å². The summed E-state index contributed by atoms with van der Waals surface area (Å²) in [5.41, 5.74) is -0.550. The molecule has 0 bridgehead atoms. The Morgan fingerprint density at radius 1 is 1.42 bits per heavy atom. The first kappa shape index (κ1) is 14.3. The number of hydrogen-bond donors (Lipinski definition) is 3. The highest BCUT2D eigenvalue weighted by atomic mass is 79.9. The number of hydrogen-bond acceptors (Lipinski definition) is 3. The SMILES string of the molecule is O=C(O)CC1(NC(=O)NCc2ccc(Br)s2)CCC1. The lowest BCUT2D eigenvalue weighted by Crippen LogP contribution is -2.57. The highest BCUT2D eigenvalue weighted by molar-refractivity contribution is 9.11. The summed E-state index contributed by atoms with van der Waals surface area (Å²) in [6, 6.07) is 3.56. The van der Waals surface area contributed by atoms with Crippen molar-refractivity contribution in [2.24, 2.45) is 0 Å². The van der Waals surface area contributed by atoms with Crippen LogP contribution in [-0.4, -0.2) is 22.6 Å². The Morgan fingerprint density at radius 2 is 2.16 bits per heavy atom. The number of amides is 2. The van der Waals surface area contributed by atoms with Crippen molar-refractivity contribution in [3.8, 4) is 0 Å². The summed E-state index contributed by atoms with van der Waals surface area (Å²) in [5.74, 6) is -0.873. The second-order valence-electron chi connectivity index (χ2n) is 4.72. The zero-order valence-electron chi connectivity index (χ0n) is 10.2. The molecule has 3 N–H and O–H groups in total. The highest BCUT2D eigenvalue weighted by Crippen LogP contribution is 2.34. The van der Waals surface area contributed by atoms with Crippen molar-refractivity contribution in [1.29, 1.82) is 0 Å². The molecule has 2 amide bonds. The van der Waals surface area contributed by atoms with E-state index in [0.717, 1.165) is 27.9 Å². The van der Waals surface area contributed by atoms with Gasteiger partial charge in [-0.2, -0.15) is 0 Å². The summed E-state index contributed by atoms with van der Waals surface area (Å²) in [4.78, 5) is 23.6. The Kier molecular flexibility index (Phi) is 4.46. The lowest BCUT2D eigenvalue weighted by Gasteiger charge is -2.41. The number of nitrogens with one attached hydrogen (secondary N) is 2. The molecule has 2 rings (SSSR count). The molecule has 1 aromatic heterocycles. The minimum Gasteiger partial charge on any atom is -0.481 e. The molecule has 1 saturated carbocycles. The third-order valence-electron chi connectivity index (χ3n) is 3.23. The van der Waals surface area contributed by atoms with Gasteiger partial charge in [0.05, 0.1) is 22.3 Å². The summed E-state index contributed by atoms with van der Waals surface area (Å²) < 4.78 is 1.02. The number of aliphatic carboxylic acids is 1. The van der Waals surface area contributed by atoms with Gasteiger partial charge in [0.1, 0.15) is 0 Å². The van der Waals surface area contributed by atoms with Gasteiger partial charge < -0.3 is 15.7 Å².